The SMILES string of the molecule is O=S1(=O)c2ccc(-c3nc(-c4ccccc4)nc(-c4ccc(-c5ccc(-c6nc(-c7ccccc7)nc(-n7c8ccccc8c8cc9c(cc87)N(c7ccccc7)S(=O)(=O)c7ccccc7-9)n6)cc5)cc4)n3)cc2-c2ccccc2N1c1ccccc1. The fourth-order valence-corrected chi connectivity index (χ4v) is 15.3. The van der Waals surface area contributed by atoms with E-state index in [0.29, 0.717) is 74.5 Å². The van der Waals surface area contributed by atoms with Crippen LogP contribution in [0.2, 0.25) is 0 Å². The summed E-state index contributed by atoms with van der Waals surface area (Å²) in [7, 11) is -8.03. The van der Waals surface area contributed by atoms with Crippen molar-refractivity contribution in [1.82, 2.24) is 34.5 Å². The Bertz CT molecular complexity index is 5310. The van der Waals surface area contributed by atoms with Crippen molar-refractivity contribution < 1.29 is 16.8 Å². The Morgan fingerprint density at radius 3 is 1.25 bits per heavy atom. The van der Waals surface area contributed by atoms with E-state index in [9.17, 15) is 16.8 Å². The zero-order chi connectivity index (χ0) is 58.4. The van der Waals surface area contributed by atoms with Crippen LogP contribution in [0.1, 0.15) is 0 Å². The lowest BCUT2D eigenvalue weighted by molar-refractivity contribution is 0.594. The number of nitrogens with zero attached hydrogens (tertiary/aromatic N) is 9. The molecule has 11 aromatic carbocycles. The molecule has 0 amide bonds. The van der Waals surface area contributed by atoms with Gasteiger partial charge in [-0.15, -0.1) is 0 Å². The Labute approximate surface area is 500 Å². The molecule has 3 aromatic heterocycles. The van der Waals surface area contributed by atoms with E-state index in [1.54, 1.807) is 36.4 Å². The standard InChI is InChI=1S/C72H45N9O4S2/c82-86(83)65-32-18-15-29-57(65)59-44-58-55-27-13-16-30-61(55)79(63(58)45-64(59)81(86)54-25-11-4-12-26-54)72-77-69(49-21-7-2-8-22-49)76-70(78-72)51-39-35-47(36-40-51)46-33-37-50(38-34-46)68-73-67(48-19-5-1-6-20-48)74-71(75-68)52-41-42-66-60(43-52)56-28-14-17-31-62(56)80(87(66,84)85)53-23-9-3-10-24-53/h1-45H. The van der Waals surface area contributed by atoms with Gasteiger partial charge in [-0.2, -0.15) is 9.97 Å². The number of aromatic nitrogens is 7. The highest BCUT2D eigenvalue weighted by atomic mass is 32.2. The molecule has 13 nitrogen and oxygen atoms in total. The normalized spacial score (nSPS) is 13.6. The number of hydrogen-bond donors (Lipinski definition) is 0. The van der Waals surface area contributed by atoms with Crippen LogP contribution in [0.5, 0.6) is 0 Å². The second-order valence-corrected chi connectivity index (χ2v) is 24.7. The van der Waals surface area contributed by atoms with E-state index < -0.39 is 20.0 Å². The second-order valence-electron chi connectivity index (χ2n) is 21.1. The third-order valence-electron chi connectivity index (χ3n) is 16.0. The van der Waals surface area contributed by atoms with E-state index in [2.05, 4.69) is 12.1 Å². The van der Waals surface area contributed by atoms with Crippen LogP contribution >= 0.6 is 0 Å². The van der Waals surface area contributed by atoms with Crippen LogP contribution in [-0.2, 0) is 20.0 Å². The Balaban J connectivity index is 0.768. The van der Waals surface area contributed by atoms with Crippen LogP contribution in [0, 0.1) is 0 Å². The summed E-state index contributed by atoms with van der Waals surface area (Å²) < 4.78 is 63.2. The van der Waals surface area contributed by atoms with Crippen LogP contribution in [0.3, 0.4) is 0 Å². The van der Waals surface area contributed by atoms with Gasteiger partial charge < -0.3 is 0 Å². The van der Waals surface area contributed by atoms with E-state index in [1.807, 2.05) is 229 Å². The van der Waals surface area contributed by atoms with Crippen molar-refractivity contribution in [2.75, 3.05) is 8.61 Å². The van der Waals surface area contributed by atoms with Gasteiger partial charge in [0.1, 0.15) is 0 Å². The van der Waals surface area contributed by atoms with Crippen molar-refractivity contribution in [3.05, 3.63) is 273 Å². The maximum Gasteiger partial charge on any atom is 0.269 e. The highest BCUT2D eigenvalue weighted by molar-refractivity contribution is 7.93. The summed E-state index contributed by atoms with van der Waals surface area (Å²) in [4.78, 5) is 31.0. The minimum atomic E-state index is -4.03. The van der Waals surface area contributed by atoms with Crippen molar-refractivity contribution in [2.24, 2.45) is 0 Å². The minimum absolute atomic E-state index is 0.188. The van der Waals surface area contributed by atoms with Gasteiger partial charge in [0.15, 0.2) is 29.1 Å². The van der Waals surface area contributed by atoms with Crippen molar-refractivity contribution >= 4 is 64.6 Å². The molecule has 414 valence electrons. The number of hydrogen-bond acceptors (Lipinski definition) is 10. The summed E-state index contributed by atoms with van der Waals surface area (Å²) in [5, 5.41) is 1.87. The lowest BCUT2D eigenvalue weighted by Crippen LogP contribution is -2.30. The van der Waals surface area contributed by atoms with Crippen LogP contribution in [0.15, 0.2) is 283 Å². The average Bonchev–Trinajstić information content (AvgIpc) is 1.79. The van der Waals surface area contributed by atoms with E-state index in [0.717, 1.165) is 66.3 Å². The van der Waals surface area contributed by atoms with Crippen molar-refractivity contribution in [3.63, 3.8) is 0 Å². The quantitative estimate of drug-likeness (QED) is 0.136. The second kappa shape index (κ2) is 20.2. The van der Waals surface area contributed by atoms with Crippen molar-refractivity contribution in [2.45, 2.75) is 9.79 Å². The molecule has 16 rings (SSSR count). The summed E-state index contributed by atoms with van der Waals surface area (Å²) in [5.41, 5.74) is 12.1. The molecule has 2 aliphatic heterocycles. The summed E-state index contributed by atoms with van der Waals surface area (Å²) in [6.45, 7) is 0. The first-order chi connectivity index (χ1) is 42.6. The van der Waals surface area contributed by atoms with Gasteiger partial charge in [0.05, 0.1) is 43.6 Å². The van der Waals surface area contributed by atoms with Crippen LogP contribution < -0.4 is 8.61 Å². The number of para-hydroxylation sites is 4. The molecule has 5 heterocycles. The van der Waals surface area contributed by atoms with Gasteiger partial charge in [-0.25, -0.2) is 45.4 Å². The van der Waals surface area contributed by atoms with Gasteiger partial charge in [0.2, 0.25) is 5.95 Å². The fraction of sp³-hybridized carbons (Fsp3) is 0. The van der Waals surface area contributed by atoms with Crippen molar-refractivity contribution in [3.8, 4) is 96.3 Å². The summed E-state index contributed by atoms with van der Waals surface area (Å²) in [6.07, 6.45) is 0. The number of sulfonamides is 2. The lowest BCUT2D eigenvalue weighted by Gasteiger charge is -2.32. The van der Waals surface area contributed by atoms with Crippen LogP contribution in [-0.4, -0.2) is 51.3 Å². The first-order valence-electron chi connectivity index (χ1n) is 28.1. The summed E-state index contributed by atoms with van der Waals surface area (Å²) >= 11 is 0. The molecule has 0 unspecified atom stereocenters. The molecule has 14 aromatic rings. The summed E-state index contributed by atoms with van der Waals surface area (Å²) in [5.74, 6) is 2.61. The Morgan fingerprint density at radius 1 is 0.264 bits per heavy atom. The maximum absolute atomic E-state index is 14.7. The van der Waals surface area contributed by atoms with Gasteiger partial charge in [0, 0.05) is 60.8 Å². The lowest BCUT2D eigenvalue weighted by atomic mass is 9.99. The average molecular weight is 1160 g/mol. The van der Waals surface area contributed by atoms with Crippen molar-refractivity contribution in [1.29, 1.82) is 0 Å². The van der Waals surface area contributed by atoms with E-state index in [-0.39, 0.29) is 9.79 Å². The highest BCUT2D eigenvalue weighted by Crippen LogP contribution is 2.51. The summed E-state index contributed by atoms with van der Waals surface area (Å²) in [6, 6.07) is 86.1. The largest absolute Gasteiger partial charge is 0.278 e. The van der Waals surface area contributed by atoms with Crippen LogP contribution in [0.25, 0.3) is 118 Å². The minimum Gasteiger partial charge on any atom is -0.278 e. The molecule has 2 aliphatic rings. The van der Waals surface area contributed by atoms with Gasteiger partial charge >= 0.3 is 0 Å². The van der Waals surface area contributed by atoms with Gasteiger partial charge in [0.25, 0.3) is 20.0 Å². The first-order valence-corrected chi connectivity index (χ1v) is 31.0. The number of anilines is 4. The third-order valence-corrected chi connectivity index (χ3v) is 19.6. The van der Waals surface area contributed by atoms with Gasteiger partial charge in [-0.3, -0.25) is 4.57 Å². The fourth-order valence-electron chi connectivity index (χ4n) is 11.9. The molecule has 0 saturated heterocycles. The first kappa shape index (κ1) is 51.4. The Morgan fingerprint density at radius 2 is 0.678 bits per heavy atom. The molecule has 0 aliphatic carbocycles. The molecule has 15 heteroatoms. The zero-order valence-corrected chi connectivity index (χ0v) is 47.6. The predicted molar refractivity (Wildman–Crippen MR) is 343 cm³/mol. The van der Waals surface area contributed by atoms with Crippen LogP contribution in [0.4, 0.5) is 22.7 Å². The molecule has 0 saturated carbocycles. The number of benzene rings is 11. The number of fused-ring (bicyclic) bond motifs is 9. The molecule has 0 radical (unpaired) electrons. The molecule has 0 N–H and O–H groups in total. The van der Waals surface area contributed by atoms with Gasteiger partial charge in [-0.1, -0.05) is 200 Å². The van der Waals surface area contributed by atoms with E-state index >= 15 is 0 Å². The molecule has 0 atom stereocenters. The van der Waals surface area contributed by atoms with Gasteiger partial charge in [-0.05, 0) is 83.9 Å². The van der Waals surface area contributed by atoms with E-state index in [4.69, 9.17) is 29.9 Å². The molecule has 0 spiro atoms. The highest BCUT2D eigenvalue weighted by Gasteiger charge is 2.38. The molecule has 87 heavy (non-hydrogen) atoms. The molecular formula is C72H45N9O4S2. The molecular weight excluding hydrogens is 1120 g/mol. The topological polar surface area (TPSA) is 157 Å². The number of rotatable bonds is 9. The Hall–Kier alpha value is -11.3. The molecule has 0 bridgehead atoms. The van der Waals surface area contributed by atoms with E-state index in [1.165, 1.54) is 8.61 Å². The molecule has 0 fully saturated rings. The third kappa shape index (κ3) is 8.58. The zero-order valence-electron chi connectivity index (χ0n) is 46.0. The maximum atomic E-state index is 14.7. The predicted octanol–water partition coefficient (Wildman–Crippen LogP) is 16.2. The smallest absolute Gasteiger partial charge is 0.269 e. The Kier molecular flexibility index (Phi) is 11.9. The monoisotopic (exact) mass is 1160 g/mol.